The first-order valence-corrected chi connectivity index (χ1v) is 11.6. The van der Waals surface area contributed by atoms with Crippen molar-refractivity contribution in [2.45, 2.75) is 45.9 Å². The van der Waals surface area contributed by atoms with Gasteiger partial charge in [0.15, 0.2) is 11.5 Å². The van der Waals surface area contributed by atoms with Crippen LogP contribution < -0.4 is 15.4 Å². The standard InChI is InChI=1S/C26H26N4O5/c1-2-30-15-22(24(29-30)26(32)27-14-20-7-4-12-33-20)28-25(31)23-11-10-21(35-23)16-34-19-9-8-17-5-3-6-18(17)13-19/h4,7-13,15H,2-3,5-6,14,16H2,1H3,(H,27,32)(H,28,31). The number of nitrogens with one attached hydrogen (secondary N) is 2. The highest BCUT2D eigenvalue weighted by atomic mass is 16.5. The monoisotopic (exact) mass is 474 g/mol. The Bertz CT molecular complexity index is 1340. The molecule has 1 aliphatic carbocycles. The molecule has 0 radical (unpaired) electrons. The van der Waals surface area contributed by atoms with Gasteiger partial charge in [-0.1, -0.05) is 6.07 Å². The first kappa shape index (κ1) is 22.5. The topological polar surface area (TPSA) is 112 Å². The maximum absolute atomic E-state index is 12.8. The zero-order valence-electron chi connectivity index (χ0n) is 19.4. The van der Waals surface area contributed by atoms with Gasteiger partial charge in [-0.25, -0.2) is 0 Å². The summed E-state index contributed by atoms with van der Waals surface area (Å²) in [5, 5.41) is 9.75. The average Bonchev–Trinajstić information content (AvgIpc) is 3.67. The molecule has 0 unspecified atom stereocenters. The van der Waals surface area contributed by atoms with E-state index in [9.17, 15) is 9.59 Å². The highest BCUT2D eigenvalue weighted by Gasteiger charge is 2.21. The van der Waals surface area contributed by atoms with Gasteiger partial charge in [0, 0.05) is 12.7 Å². The molecule has 2 amide bonds. The first-order valence-electron chi connectivity index (χ1n) is 11.6. The minimum atomic E-state index is -0.482. The number of hydrogen-bond acceptors (Lipinski definition) is 6. The summed E-state index contributed by atoms with van der Waals surface area (Å²) in [5.74, 6) is 1.13. The Morgan fingerprint density at radius 1 is 1.09 bits per heavy atom. The molecule has 0 spiro atoms. The highest BCUT2D eigenvalue weighted by molar-refractivity contribution is 6.07. The molecule has 5 rings (SSSR count). The van der Waals surface area contributed by atoms with E-state index in [1.54, 1.807) is 35.1 Å². The van der Waals surface area contributed by atoms with Crippen LogP contribution in [0.1, 0.15) is 57.0 Å². The summed E-state index contributed by atoms with van der Waals surface area (Å²) in [4.78, 5) is 25.5. The molecule has 3 aromatic heterocycles. The third kappa shape index (κ3) is 5.13. The van der Waals surface area contributed by atoms with Crippen LogP contribution in [0.2, 0.25) is 0 Å². The summed E-state index contributed by atoms with van der Waals surface area (Å²) in [6.45, 7) is 2.85. The fourth-order valence-electron chi connectivity index (χ4n) is 4.06. The Kier molecular flexibility index (Phi) is 6.38. The number of carbonyl (C=O) groups excluding carboxylic acids is 2. The number of furan rings is 2. The lowest BCUT2D eigenvalue weighted by Crippen LogP contribution is -2.25. The molecule has 4 aromatic rings. The summed E-state index contributed by atoms with van der Waals surface area (Å²) in [5.41, 5.74) is 3.12. The molecule has 0 aliphatic heterocycles. The highest BCUT2D eigenvalue weighted by Crippen LogP contribution is 2.26. The van der Waals surface area contributed by atoms with E-state index in [1.807, 2.05) is 13.0 Å². The number of aromatic nitrogens is 2. The van der Waals surface area contributed by atoms with Crippen molar-refractivity contribution < 1.29 is 23.2 Å². The van der Waals surface area contributed by atoms with Crippen LogP contribution in [-0.4, -0.2) is 21.6 Å². The number of ether oxygens (including phenoxy) is 1. The van der Waals surface area contributed by atoms with Crippen LogP contribution in [0.3, 0.4) is 0 Å². The van der Waals surface area contributed by atoms with Gasteiger partial charge in [-0.3, -0.25) is 14.3 Å². The number of nitrogens with zero attached hydrogens (tertiary/aromatic N) is 2. The van der Waals surface area contributed by atoms with Crippen molar-refractivity contribution in [3.05, 3.63) is 89.0 Å². The van der Waals surface area contributed by atoms with Crippen LogP contribution in [0.5, 0.6) is 5.75 Å². The van der Waals surface area contributed by atoms with Crippen molar-refractivity contribution in [3.8, 4) is 5.75 Å². The SMILES string of the molecule is CCn1cc(NC(=O)c2ccc(COc3ccc4c(c3)CCC4)o2)c(C(=O)NCc2ccco2)n1. The van der Waals surface area contributed by atoms with Crippen molar-refractivity contribution >= 4 is 17.5 Å². The van der Waals surface area contributed by atoms with Crippen LogP contribution in [0.4, 0.5) is 5.69 Å². The predicted molar refractivity (Wildman–Crippen MR) is 127 cm³/mol. The van der Waals surface area contributed by atoms with Gasteiger partial charge < -0.3 is 24.2 Å². The van der Waals surface area contributed by atoms with Crippen molar-refractivity contribution in [3.63, 3.8) is 0 Å². The molecule has 0 saturated carbocycles. The largest absolute Gasteiger partial charge is 0.486 e. The first-order chi connectivity index (χ1) is 17.1. The van der Waals surface area contributed by atoms with Gasteiger partial charge >= 0.3 is 0 Å². The van der Waals surface area contributed by atoms with E-state index in [2.05, 4.69) is 27.9 Å². The van der Waals surface area contributed by atoms with E-state index >= 15 is 0 Å². The van der Waals surface area contributed by atoms with Gasteiger partial charge in [0.05, 0.1) is 18.5 Å². The Morgan fingerprint density at radius 3 is 2.80 bits per heavy atom. The molecule has 9 heteroatoms. The molecule has 1 aliphatic rings. The van der Waals surface area contributed by atoms with Crippen LogP contribution in [-0.2, 0) is 32.5 Å². The molecule has 3 heterocycles. The fourth-order valence-corrected chi connectivity index (χ4v) is 4.06. The van der Waals surface area contributed by atoms with Gasteiger partial charge in [-0.05, 0) is 73.7 Å². The van der Waals surface area contributed by atoms with Gasteiger partial charge in [0.25, 0.3) is 11.8 Å². The van der Waals surface area contributed by atoms with Crippen molar-refractivity contribution in [1.29, 1.82) is 0 Å². The maximum Gasteiger partial charge on any atom is 0.291 e. The minimum absolute atomic E-state index is 0.110. The molecule has 0 atom stereocenters. The van der Waals surface area contributed by atoms with Gasteiger partial charge in [0.1, 0.15) is 23.9 Å². The number of aryl methyl sites for hydroxylation is 3. The number of carbonyl (C=O) groups is 2. The Labute approximate surface area is 202 Å². The molecule has 35 heavy (non-hydrogen) atoms. The zero-order chi connectivity index (χ0) is 24.2. The quantitative estimate of drug-likeness (QED) is 0.373. The van der Waals surface area contributed by atoms with E-state index in [0.717, 1.165) is 18.6 Å². The van der Waals surface area contributed by atoms with Gasteiger partial charge in [-0.2, -0.15) is 5.10 Å². The summed E-state index contributed by atoms with van der Waals surface area (Å²) >= 11 is 0. The van der Waals surface area contributed by atoms with Crippen molar-refractivity contribution in [2.75, 3.05) is 5.32 Å². The number of amides is 2. The van der Waals surface area contributed by atoms with Gasteiger partial charge in [0.2, 0.25) is 0 Å². The third-order valence-electron chi connectivity index (χ3n) is 5.89. The van der Waals surface area contributed by atoms with Crippen LogP contribution in [0, 0.1) is 0 Å². The lowest BCUT2D eigenvalue weighted by atomic mass is 10.1. The fraction of sp³-hybridized carbons (Fsp3) is 0.269. The normalized spacial score (nSPS) is 12.4. The molecule has 0 saturated heterocycles. The minimum Gasteiger partial charge on any atom is -0.486 e. The molecular formula is C26H26N4O5. The molecule has 180 valence electrons. The second kappa shape index (κ2) is 9.92. The lowest BCUT2D eigenvalue weighted by Gasteiger charge is -2.07. The van der Waals surface area contributed by atoms with E-state index in [-0.39, 0.29) is 24.6 Å². The van der Waals surface area contributed by atoms with E-state index in [0.29, 0.717) is 23.8 Å². The van der Waals surface area contributed by atoms with Gasteiger partial charge in [-0.15, -0.1) is 0 Å². The van der Waals surface area contributed by atoms with Crippen LogP contribution in [0.25, 0.3) is 0 Å². The number of rotatable bonds is 9. The van der Waals surface area contributed by atoms with E-state index < -0.39 is 11.8 Å². The molecular weight excluding hydrogens is 448 g/mol. The second-order valence-electron chi connectivity index (χ2n) is 8.30. The van der Waals surface area contributed by atoms with Crippen molar-refractivity contribution in [2.24, 2.45) is 0 Å². The average molecular weight is 475 g/mol. The predicted octanol–water partition coefficient (Wildman–Crippen LogP) is 4.34. The molecule has 1 aromatic carbocycles. The number of benzene rings is 1. The number of fused-ring (bicyclic) bond motifs is 1. The molecule has 9 nitrogen and oxygen atoms in total. The molecule has 0 fully saturated rings. The van der Waals surface area contributed by atoms with E-state index in [1.165, 1.54) is 23.8 Å². The number of anilines is 1. The van der Waals surface area contributed by atoms with Crippen LogP contribution >= 0.6 is 0 Å². The summed E-state index contributed by atoms with van der Waals surface area (Å²) in [6, 6.07) is 12.9. The Morgan fingerprint density at radius 2 is 1.97 bits per heavy atom. The van der Waals surface area contributed by atoms with Crippen molar-refractivity contribution in [1.82, 2.24) is 15.1 Å². The zero-order valence-corrected chi connectivity index (χ0v) is 19.4. The summed E-state index contributed by atoms with van der Waals surface area (Å²) in [7, 11) is 0. The lowest BCUT2D eigenvalue weighted by molar-refractivity contribution is 0.0943. The second-order valence-corrected chi connectivity index (χ2v) is 8.30. The summed E-state index contributed by atoms with van der Waals surface area (Å²) < 4.78 is 18.4. The third-order valence-corrected chi connectivity index (χ3v) is 5.89. The maximum atomic E-state index is 12.8. The Balaban J connectivity index is 1.22. The number of hydrogen-bond donors (Lipinski definition) is 2. The smallest absolute Gasteiger partial charge is 0.291 e. The molecule has 2 N–H and O–H groups in total. The molecule has 0 bridgehead atoms. The summed E-state index contributed by atoms with van der Waals surface area (Å²) in [6.07, 6.45) is 6.53. The van der Waals surface area contributed by atoms with E-state index in [4.69, 9.17) is 13.6 Å². The van der Waals surface area contributed by atoms with Crippen LogP contribution in [0.15, 0.2) is 63.8 Å². The Hall–Kier alpha value is -4.27.